The molecule has 2 aromatic carbocycles. The number of halogens is 1. The molecule has 0 amide bonds. The van der Waals surface area contributed by atoms with Gasteiger partial charge in [0.2, 0.25) is 0 Å². The number of benzene rings is 2. The van der Waals surface area contributed by atoms with Crippen LogP contribution in [0.25, 0.3) is 0 Å². The second kappa shape index (κ2) is 9.75. The molecule has 4 rings (SSSR count). The smallest absolute Gasteiger partial charge is 0.157 e. The molecule has 0 bridgehead atoms. The van der Waals surface area contributed by atoms with Crippen molar-refractivity contribution in [1.29, 1.82) is 0 Å². The number of hydrogen-bond acceptors (Lipinski definition) is 4. The Morgan fingerprint density at radius 2 is 2.00 bits per heavy atom. The molecule has 0 radical (unpaired) electrons. The Kier molecular flexibility index (Phi) is 6.85. The number of aromatic nitrogens is 2. The highest BCUT2D eigenvalue weighted by Crippen LogP contribution is 2.34. The molecule has 2 atom stereocenters. The minimum Gasteiger partial charge on any atom is -0.378 e. The minimum absolute atomic E-state index is 0.119. The van der Waals surface area contributed by atoms with Gasteiger partial charge in [0, 0.05) is 24.0 Å². The van der Waals surface area contributed by atoms with Crippen molar-refractivity contribution in [2.45, 2.75) is 44.1 Å². The fraction of sp³-hybridized carbons (Fsp3) is 0.375. The number of nitrogens with zero attached hydrogens (tertiary/aromatic N) is 2. The van der Waals surface area contributed by atoms with Gasteiger partial charge in [-0.05, 0) is 54.5 Å². The summed E-state index contributed by atoms with van der Waals surface area (Å²) in [4.78, 5) is 4.13. The Hall–Kier alpha value is -2.18. The number of aliphatic hydroxyl groups is 1. The summed E-state index contributed by atoms with van der Waals surface area (Å²) < 4.78 is 13.5. The van der Waals surface area contributed by atoms with Crippen LogP contribution in [0.1, 0.15) is 36.0 Å². The Morgan fingerprint density at radius 1 is 1.17 bits per heavy atom. The highest BCUT2D eigenvalue weighted by Gasteiger charge is 2.34. The molecule has 0 saturated carbocycles. The van der Waals surface area contributed by atoms with Crippen molar-refractivity contribution in [2.24, 2.45) is 0 Å². The van der Waals surface area contributed by atoms with E-state index >= 15 is 0 Å². The van der Waals surface area contributed by atoms with E-state index in [4.69, 9.17) is 21.1 Å². The molecule has 1 saturated heterocycles. The van der Waals surface area contributed by atoms with E-state index in [1.165, 1.54) is 0 Å². The van der Waals surface area contributed by atoms with Gasteiger partial charge in [-0.2, -0.15) is 0 Å². The van der Waals surface area contributed by atoms with Crippen LogP contribution < -0.4 is 0 Å². The topological polar surface area (TPSA) is 56.5 Å². The molecule has 0 aliphatic carbocycles. The predicted molar refractivity (Wildman–Crippen MR) is 116 cm³/mol. The zero-order valence-corrected chi connectivity index (χ0v) is 17.7. The van der Waals surface area contributed by atoms with E-state index in [1.54, 1.807) is 12.5 Å². The van der Waals surface area contributed by atoms with Crippen molar-refractivity contribution < 1.29 is 14.6 Å². The van der Waals surface area contributed by atoms with E-state index in [1.807, 2.05) is 53.2 Å². The lowest BCUT2D eigenvalue weighted by Gasteiger charge is -2.32. The van der Waals surface area contributed by atoms with Gasteiger partial charge >= 0.3 is 0 Å². The lowest BCUT2D eigenvalue weighted by atomic mass is 9.82. The Morgan fingerprint density at radius 3 is 2.73 bits per heavy atom. The molecule has 0 spiro atoms. The second-order valence-electron chi connectivity index (χ2n) is 7.68. The summed E-state index contributed by atoms with van der Waals surface area (Å²) in [6, 6.07) is 15.4. The summed E-state index contributed by atoms with van der Waals surface area (Å²) in [6.45, 7) is 1.66. The molecule has 30 heavy (non-hydrogen) atoms. The summed E-state index contributed by atoms with van der Waals surface area (Å²) in [5.41, 5.74) is 1.45. The molecule has 1 fully saturated rings. The van der Waals surface area contributed by atoms with Crippen LogP contribution in [0.4, 0.5) is 0 Å². The average Bonchev–Trinajstić information content (AvgIpc) is 3.28. The van der Waals surface area contributed by atoms with Crippen LogP contribution in [0.5, 0.6) is 0 Å². The first-order valence-corrected chi connectivity index (χ1v) is 10.8. The largest absolute Gasteiger partial charge is 0.378 e. The molecule has 2 heterocycles. The molecule has 5 nitrogen and oxygen atoms in total. The molecule has 158 valence electrons. The fourth-order valence-corrected chi connectivity index (χ4v) is 4.11. The zero-order chi connectivity index (χ0) is 20.8. The first kappa shape index (κ1) is 21.1. The first-order valence-electron chi connectivity index (χ1n) is 10.4. The maximum Gasteiger partial charge on any atom is 0.157 e. The van der Waals surface area contributed by atoms with Crippen LogP contribution in [0, 0.1) is 0 Å². The third-order valence-electron chi connectivity index (χ3n) is 5.57. The van der Waals surface area contributed by atoms with Crippen molar-refractivity contribution in [1.82, 2.24) is 9.55 Å². The van der Waals surface area contributed by atoms with E-state index in [-0.39, 0.29) is 6.29 Å². The normalized spacial score (nSPS) is 18.8. The third-order valence-corrected chi connectivity index (χ3v) is 5.82. The van der Waals surface area contributed by atoms with Gasteiger partial charge in [0.25, 0.3) is 0 Å². The van der Waals surface area contributed by atoms with Crippen LogP contribution in [0.2, 0.25) is 5.02 Å². The van der Waals surface area contributed by atoms with Gasteiger partial charge in [0.15, 0.2) is 6.29 Å². The monoisotopic (exact) mass is 426 g/mol. The Balaban J connectivity index is 1.60. The zero-order valence-electron chi connectivity index (χ0n) is 16.9. The lowest BCUT2D eigenvalue weighted by Crippen LogP contribution is -2.34. The van der Waals surface area contributed by atoms with Gasteiger partial charge in [-0.3, -0.25) is 0 Å². The number of imidazole rings is 1. The highest BCUT2D eigenvalue weighted by molar-refractivity contribution is 6.30. The van der Waals surface area contributed by atoms with Crippen LogP contribution in [0.3, 0.4) is 0 Å². The number of ether oxygens (including phenoxy) is 2. The number of rotatable bonds is 8. The number of hydrogen-bond donors (Lipinski definition) is 1. The summed E-state index contributed by atoms with van der Waals surface area (Å²) in [6.07, 6.45) is 9.04. The minimum atomic E-state index is -1.23. The van der Waals surface area contributed by atoms with Crippen molar-refractivity contribution in [2.75, 3.05) is 13.2 Å². The van der Waals surface area contributed by atoms with Crippen molar-refractivity contribution in [3.8, 4) is 0 Å². The molecule has 1 N–H and O–H groups in total. The molecule has 1 aromatic heterocycles. The second-order valence-corrected chi connectivity index (χ2v) is 8.11. The molecule has 3 aromatic rings. The summed E-state index contributed by atoms with van der Waals surface area (Å²) in [5, 5.41) is 12.6. The van der Waals surface area contributed by atoms with Crippen molar-refractivity contribution in [3.63, 3.8) is 0 Å². The van der Waals surface area contributed by atoms with Gasteiger partial charge in [-0.1, -0.05) is 48.0 Å². The molecular formula is C24H27ClN2O3. The van der Waals surface area contributed by atoms with Gasteiger partial charge in [0.1, 0.15) is 5.60 Å². The molecule has 2 unspecified atom stereocenters. The van der Waals surface area contributed by atoms with Gasteiger partial charge < -0.3 is 19.1 Å². The Bertz CT molecular complexity index is 924. The van der Waals surface area contributed by atoms with E-state index in [9.17, 15) is 5.11 Å². The summed E-state index contributed by atoms with van der Waals surface area (Å²) in [5.74, 6) is 0. The quantitative estimate of drug-likeness (QED) is 0.573. The first-order chi connectivity index (χ1) is 14.6. The van der Waals surface area contributed by atoms with Gasteiger partial charge in [-0.15, -0.1) is 0 Å². The maximum atomic E-state index is 12.0. The van der Waals surface area contributed by atoms with E-state index in [2.05, 4.69) is 11.1 Å². The van der Waals surface area contributed by atoms with Crippen LogP contribution >= 0.6 is 11.6 Å². The maximum absolute atomic E-state index is 12.0. The fourth-order valence-electron chi connectivity index (χ4n) is 3.99. The Labute approximate surface area is 182 Å². The van der Waals surface area contributed by atoms with E-state index in [0.717, 1.165) is 42.6 Å². The highest BCUT2D eigenvalue weighted by atomic mass is 35.5. The van der Waals surface area contributed by atoms with Crippen LogP contribution in [-0.2, 0) is 28.0 Å². The van der Waals surface area contributed by atoms with Crippen molar-refractivity contribution >= 4 is 11.6 Å². The molecular weight excluding hydrogens is 400 g/mol. The van der Waals surface area contributed by atoms with E-state index in [0.29, 0.717) is 24.6 Å². The van der Waals surface area contributed by atoms with E-state index < -0.39 is 5.60 Å². The van der Waals surface area contributed by atoms with Gasteiger partial charge in [0.05, 0.1) is 19.5 Å². The third kappa shape index (κ3) is 4.93. The van der Waals surface area contributed by atoms with Crippen molar-refractivity contribution in [3.05, 3.63) is 89.0 Å². The predicted octanol–water partition coefficient (Wildman–Crippen LogP) is 4.56. The summed E-state index contributed by atoms with van der Waals surface area (Å²) in [7, 11) is 0. The molecule has 1 aliphatic heterocycles. The lowest BCUT2D eigenvalue weighted by molar-refractivity contribution is -0.161. The average molecular weight is 427 g/mol. The summed E-state index contributed by atoms with van der Waals surface area (Å²) >= 11 is 6.10. The van der Waals surface area contributed by atoms with Crippen LogP contribution in [0.15, 0.2) is 67.3 Å². The standard InChI is InChI=1S/C24H27ClN2O3/c25-21-10-8-20(9-11-21)24(28,17-27-14-13-26-18-27)22-6-2-1-5-19(22)12-16-30-23-7-3-4-15-29-23/h1-2,5-6,8-11,13-14,18,23,28H,3-4,7,12,15-17H2. The SMILES string of the molecule is OC(Cn1ccnc1)(c1ccc(Cl)cc1)c1ccccc1CCOC1CCCCO1. The van der Waals surface area contributed by atoms with Crippen LogP contribution in [-0.4, -0.2) is 34.2 Å². The molecule has 1 aliphatic rings. The molecule has 6 heteroatoms. The van der Waals surface area contributed by atoms with Gasteiger partial charge in [-0.25, -0.2) is 4.98 Å².